The van der Waals surface area contributed by atoms with Crippen LogP contribution in [0.3, 0.4) is 0 Å². The second-order valence-corrected chi connectivity index (χ2v) is 12.7. The topological polar surface area (TPSA) is 0 Å². The van der Waals surface area contributed by atoms with E-state index in [-0.39, 0.29) is 7.92 Å². The maximum Gasteiger partial charge on any atom is -0.00759 e. The van der Waals surface area contributed by atoms with Crippen molar-refractivity contribution in [2.75, 3.05) is 0 Å². The summed E-state index contributed by atoms with van der Waals surface area (Å²) >= 11 is 0. The van der Waals surface area contributed by atoms with Crippen LogP contribution in [0.4, 0.5) is 0 Å². The van der Waals surface area contributed by atoms with Gasteiger partial charge in [-0.05, 0) is 40.1 Å². The molecule has 2 bridgehead atoms. The molecule has 0 N–H and O–H groups in total. The third-order valence-corrected chi connectivity index (χ3v) is 9.68. The first kappa shape index (κ1) is 14.6. The smallest absolute Gasteiger partial charge is 0.00759 e. The lowest BCUT2D eigenvalue weighted by molar-refractivity contribution is 0.254. The average Bonchev–Trinajstić information content (AvgIpc) is 2.11. The lowest BCUT2D eigenvalue weighted by atomic mass is 9.67. The lowest BCUT2D eigenvalue weighted by Crippen LogP contribution is -2.54. The summed E-state index contributed by atoms with van der Waals surface area (Å²) in [7, 11) is -0.0200. The van der Waals surface area contributed by atoms with Gasteiger partial charge < -0.3 is 0 Å². The Balaban J connectivity index is 2.55. The molecule has 2 fully saturated rings. The van der Waals surface area contributed by atoms with Crippen LogP contribution in [0.5, 0.6) is 0 Å². The van der Waals surface area contributed by atoms with Gasteiger partial charge in [-0.3, -0.25) is 0 Å². The molecule has 1 aliphatic heterocycles. The van der Waals surface area contributed by atoms with Crippen molar-refractivity contribution in [2.24, 2.45) is 11.8 Å². The first-order valence-corrected chi connectivity index (χ1v) is 8.84. The molecule has 0 aromatic carbocycles. The molecule has 1 heterocycles. The summed E-state index contributed by atoms with van der Waals surface area (Å²) < 4.78 is 0. The van der Waals surface area contributed by atoms with Crippen molar-refractivity contribution in [2.45, 2.75) is 83.2 Å². The Morgan fingerprint density at radius 2 is 1.39 bits per heavy atom. The third kappa shape index (κ3) is 1.91. The van der Waals surface area contributed by atoms with Gasteiger partial charge in [0, 0.05) is 0 Å². The van der Waals surface area contributed by atoms with Crippen LogP contribution in [0.25, 0.3) is 0 Å². The highest BCUT2D eigenvalue weighted by Crippen LogP contribution is 2.77. The first-order chi connectivity index (χ1) is 8.00. The van der Waals surface area contributed by atoms with Crippen LogP contribution >= 0.6 is 7.92 Å². The fourth-order valence-corrected chi connectivity index (χ4v) is 11.7. The fraction of sp³-hybridized carbons (Fsp3) is 0.882. The zero-order valence-electron chi connectivity index (χ0n) is 13.4. The van der Waals surface area contributed by atoms with E-state index in [4.69, 9.17) is 0 Å². The van der Waals surface area contributed by atoms with Crippen molar-refractivity contribution in [1.29, 1.82) is 0 Å². The predicted octanol–water partition coefficient (Wildman–Crippen LogP) is 5.81. The van der Waals surface area contributed by atoms with Crippen LogP contribution < -0.4 is 0 Å². The summed E-state index contributed by atoms with van der Waals surface area (Å²) in [6, 6.07) is 0. The number of rotatable bonds is 0. The van der Waals surface area contributed by atoms with Crippen molar-refractivity contribution in [3.8, 4) is 0 Å². The molecule has 2 atom stereocenters. The van der Waals surface area contributed by atoms with Crippen LogP contribution in [-0.4, -0.2) is 15.5 Å². The van der Waals surface area contributed by atoms with Gasteiger partial charge in [-0.1, -0.05) is 75.0 Å². The Hall–Kier alpha value is 0.170. The number of fused-ring (bicyclic) bond motifs is 2. The van der Waals surface area contributed by atoms with E-state index >= 15 is 0 Å². The molecule has 0 aromatic rings. The Kier molecular flexibility index (Phi) is 3.30. The SMILES string of the molecule is C=C1C2CCCC1C(C)(C)P(C(C)(C)C)C2(C)C. The summed E-state index contributed by atoms with van der Waals surface area (Å²) in [5.74, 6) is 1.55. The zero-order chi connectivity index (χ0) is 13.9. The molecule has 0 amide bonds. The van der Waals surface area contributed by atoms with Crippen LogP contribution in [0, 0.1) is 11.8 Å². The summed E-state index contributed by atoms with van der Waals surface area (Å²) in [6.45, 7) is 22.0. The maximum atomic E-state index is 4.52. The van der Waals surface area contributed by atoms with Gasteiger partial charge in [0.1, 0.15) is 0 Å². The quantitative estimate of drug-likeness (QED) is 0.383. The standard InChI is InChI=1S/C17H31P/c1-12-13-10-9-11-14(12)17(7,8)18(15(2,3)4)16(13,5)6/h13-14H,1,9-11H2,2-8H3. The normalized spacial score (nSPS) is 38.6. The molecular formula is C17H31P. The largest absolute Gasteiger partial charge is 0.0992 e. The molecule has 18 heavy (non-hydrogen) atoms. The number of hydrogen-bond donors (Lipinski definition) is 0. The molecule has 1 saturated heterocycles. The molecule has 2 rings (SSSR count). The van der Waals surface area contributed by atoms with Gasteiger partial charge >= 0.3 is 0 Å². The predicted molar refractivity (Wildman–Crippen MR) is 84.8 cm³/mol. The molecule has 0 spiro atoms. The van der Waals surface area contributed by atoms with Gasteiger partial charge in [-0.15, -0.1) is 0 Å². The van der Waals surface area contributed by atoms with E-state index in [1.807, 2.05) is 0 Å². The van der Waals surface area contributed by atoms with Gasteiger partial charge in [0.25, 0.3) is 0 Å². The van der Waals surface area contributed by atoms with E-state index in [1.165, 1.54) is 19.3 Å². The lowest BCUT2D eigenvalue weighted by Gasteiger charge is -2.64. The third-order valence-electron chi connectivity index (χ3n) is 5.41. The van der Waals surface area contributed by atoms with Gasteiger partial charge in [-0.25, -0.2) is 0 Å². The second kappa shape index (κ2) is 4.08. The summed E-state index contributed by atoms with van der Waals surface area (Å²) in [5.41, 5.74) is 1.58. The molecule has 0 aromatic heterocycles. The van der Waals surface area contributed by atoms with Crippen molar-refractivity contribution in [3.05, 3.63) is 12.2 Å². The summed E-state index contributed by atoms with van der Waals surface area (Å²) in [4.78, 5) is 0. The van der Waals surface area contributed by atoms with Crippen LogP contribution in [-0.2, 0) is 0 Å². The minimum Gasteiger partial charge on any atom is -0.0992 e. The minimum atomic E-state index is -0.0200. The van der Waals surface area contributed by atoms with Gasteiger partial charge in [0.15, 0.2) is 0 Å². The van der Waals surface area contributed by atoms with Gasteiger partial charge in [0.2, 0.25) is 0 Å². The van der Waals surface area contributed by atoms with E-state index in [1.54, 1.807) is 5.57 Å². The van der Waals surface area contributed by atoms with Crippen molar-refractivity contribution in [1.82, 2.24) is 0 Å². The molecule has 1 aliphatic carbocycles. The number of allylic oxidation sites excluding steroid dienone is 1. The highest BCUT2D eigenvalue weighted by Gasteiger charge is 2.59. The Labute approximate surface area is 115 Å². The molecule has 1 heteroatoms. The highest BCUT2D eigenvalue weighted by atomic mass is 31.1. The van der Waals surface area contributed by atoms with Crippen molar-refractivity contribution < 1.29 is 0 Å². The minimum absolute atomic E-state index is 0.0200. The molecule has 2 unspecified atom stereocenters. The molecule has 0 radical (unpaired) electrons. The Morgan fingerprint density at radius 1 is 1.00 bits per heavy atom. The van der Waals surface area contributed by atoms with E-state index in [0.29, 0.717) is 15.5 Å². The summed E-state index contributed by atoms with van der Waals surface area (Å²) in [5, 5.41) is 1.34. The van der Waals surface area contributed by atoms with Crippen molar-refractivity contribution >= 4 is 7.92 Å². The zero-order valence-corrected chi connectivity index (χ0v) is 14.3. The molecule has 0 nitrogen and oxygen atoms in total. The highest BCUT2D eigenvalue weighted by molar-refractivity contribution is 7.62. The van der Waals surface area contributed by atoms with Gasteiger partial charge in [-0.2, -0.15) is 0 Å². The van der Waals surface area contributed by atoms with Crippen molar-refractivity contribution in [3.63, 3.8) is 0 Å². The van der Waals surface area contributed by atoms with Gasteiger partial charge in [0.05, 0.1) is 0 Å². The molecular weight excluding hydrogens is 235 g/mol. The van der Waals surface area contributed by atoms with E-state index in [0.717, 1.165) is 11.8 Å². The second-order valence-electron chi connectivity index (χ2n) is 8.42. The first-order valence-electron chi connectivity index (χ1n) is 7.50. The summed E-state index contributed by atoms with van der Waals surface area (Å²) in [6.07, 6.45) is 4.18. The molecule has 2 aliphatic rings. The average molecular weight is 266 g/mol. The van der Waals surface area contributed by atoms with Crippen LogP contribution in [0.2, 0.25) is 0 Å². The Bertz CT molecular complexity index is 330. The molecule has 104 valence electrons. The molecule has 1 saturated carbocycles. The van der Waals surface area contributed by atoms with E-state index in [2.05, 4.69) is 55.0 Å². The number of hydrogen-bond acceptors (Lipinski definition) is 0. The Morgan fingerprint density at radius 3 is 1.72 bits per heavy atom. The maximum absolute atomic E-state index is 4.52. The monoisotopic (exact) mass is 266 g/mol. The van der Waals surface area contributed by atoms with Crippen LogP contribution in [0.15, 0.2) is 12.2 Å². The van der Waals surface area contributed by atoms with E-state index < -0.39 is 0 Å². The fourth-order valence-electron chi connectivity index (χ4n) is 5.54. The van der Waals surface area contributed by atoms with E-state index in [9.17, 15) is 0 Å². The van der Waals surface area contributed by atoms with Crippen LogP contribution in [0.1, 0.15) is 67.7 Å².